The monoisotopic (exact) mass is 218 g/mol. The van der Waals surface area contributed by atoms with Gasteiger partial charge in [-0.05, 0) is 0 Å². The minimum atomic E-state index is -0.190. The van der Waals surface area contributed by atoms with E-state index in [9.17, 15) is 4.79 Å². The van der Waals surface area contributed by atoms with E-state index in [4.69, 9.17) is 0 Å². The topological polar surface area (TPSA) is 79.7 Å². The third-order valence-corrected chi connectivity index (χ3v) is 2.65. The molecule has 16 heavy (non-hydrogen) atoms. The maximum absolute atomic E-state index is 11.2. The van der Waals surface area contributed by atoms with Crippen molar-refractivity contribution in [2.75, 3.05) is 11.4 Å². The van der Waals surface area contributed by atoms with Gasteiger partial charge in [0.15, 0.2) is 5.82 Å². The highest BCUT2D eigenvalue weighted by Gasteiger charge is 2.17. The summed E-state index contributed by atoms with van der Waals surface area (Å²) in [6.45, 7) is 2.32. The molecule has 1 aliphatic rings. The SMILES string of the molecule is O=c1cc(N2CCn3cnnc3C2)cn[nH]1. The van der Waals surface area contributed by atoms with E-state index < -0.39 is 0 Å². The Labute approximate surface area is 90.7 Å². The van der Waals surface area contributed by atoms with Gasteiger partial charge in [-0.2, -0.15) is 5.10 Å². The lowest BCUT2D eigenvalue weighted by atomic mass is 10.3. The van der Waals surface area contributed by atoms with Gasteiger partial charge in [0, 0.05) is 19.2 Å². The van der Waals surface area contributed by atoms with Crippen molar-refractivity contribution in [3.63, 3.8) is 0 Å². The first-order chi connectivity index (χ1) is 7.83. The summed E-state index contributed by atoms with van der Waals surface area (Å²) in [5, 5.41) is 14.0. The van der Waals surface area contributed by atoms with Gasteiger partial charge in [0.1, 0.15) is 6.33 Å². The van der Waals surface area contributed by atoms with E-state index in [-0.39, 0.29) is 5.56 Å². The highest BCUT2D eigenvalue weighted by atomic mass is 16.1. The average Bonchev–Trinajstić information content (AvgIpc) is 2.75. The molecule has 0 aromatic carbocycles. The fourth-order valence-corrected chi connectivity index (χ4v) is 1.83. The zero-order chi connectivity index (χ0) is 11.0. The molecule has 82 valence electrons. The third kappa shape index (κ3) is 1.46. The first-order valence-electron chi connectivity index (χ1n) is 4.99. The Morgan fingerprint density at radius 2 is 2.31 bits per heavy atom. The van der Waals surface area contributed by atoms with Crippen LogP contribution in [0, 0.1) is 0 Å². The van der Waals surface area contributed by atoms with Gasteiger partial charge in [-0.1, -0.05) is 0 Å². The van der Waals surface area contributed by atoms with Gasteiger partial charge in [0.05, 0.1) is 18.4 Å². The summed E-state index contributed by atoms with van der Waals surface area (Å²) in [6.07, 6.45) is 3.37. The molecule has 0 saturated heterocycles. The summed E-state index contributed by atoms with van der Waals surface area (Å²) in [5.74, 6) is 0.909. The van der Waals surface area contributed by atoms with Crippen LogP contribution >= 0.6 is 0 Å². The van der Waals surface area contributed by atoms with Crippen LogP contribution in [0.1, 0.15) is 5.82 Å². The molecule has 2 aromatic rings. The molecule has 0 spiro atoms. The molecule has 0 unspecified atom stereocenters. The lowest BCUT2D eigenvalue weighted by Gasteiger charge is -2.28. The van der Waals surface area contributed by atoms with Crippen molar-refractivity contribution in [3.8, 4) is 0 Å². The zero-order valence-corrected chi connectivity index (χ0v) is 8.50. The lowest BCUT2D eigenvalue weighted by molar-refractivity contribution is 0.559. The number of H-pyrrole nitrogens is 1. The van der Waals surface area contributed by atoms with Crippen LogP contribution < -0.4 is 10.5 Å². The molecule has 1 aliphatic heterocycles. The lowest BCUT2D eigenvalue weighted by Crippen LogP contribution is -2.34. The Hall–Kier alpha value is -2.18. The molecule has 7 nitrogen and oxygen atoms in total. The molecule has 0 fully saturated rings. The Bertz CT molecular complexity index is 559. The maximum atomic E-state index is 11.2. The fourth-order valence-electron chi connectivity index (χ4n) is 1.83. The van der Waals surface area contributed by atoms with Gasteiger partial charge >= 0.3 is 0 Å². The first kappa shape index (κ1) is 9.08. The number of aromatic amines is 1. The standard InChI is InChI=1S/C9H10N6O/c16-9-3-7(4-10-13-9)14-1-2-15-6-11-12-8(15)5-14/h3-4,6H,1-2,5H2,(H,13,16). The Balaban J connectivity index is 1.91. The molecule has 0 radical (unpaired) electrons. The first-order valence-corrected chi connectivity index (χ1v) is 4.99. The number of rotatable bonds is 1. The predicted octanol–water partition coefficient (Wildman–Crippen LogP) is -0.618. The van der Waals surface area contributed by atoms with Crippen molar-refractivity contribution in [1.82, 2.24) is 25.0 Å². The summed E-state index contributed by atoms with van der Waals surface area (Å²) in [7, 11) is 0. The number of nitrogens with one attached hydrogen (secondary N) is 1. The maximum Gasteiger partial charge on any atom is 0.266 e. The normalized spacial score (nSPS) is 14.9. The minimum absolute atomic E-state index is 0.190. The van der Waals surface area contributed by atoms with Crippen molar-refractivity contribution in [1.29, 1.82) is 0 Å². The molecule has 0 amide bonds. The number of nitrogens with zero attached hydrogens (tertiary/aromatic N) is 5. The average molecular weight is 218 g/mol. The molecular weight excluding hydrogens is 208 g/mol. The molecule has 0 bridgehead atoms. The van der Waals surface area contributed by atoms with Crippen LogP contribution in [-0.2, 0) is 13.1 Å². The highest BCUT2D eigenvalue weighted by Crippen LogP contribution is 2.16. The summed E-state index contributed by atoms with van der Waals surface area (Å²) < 4.78 is 2.01. The van der Waals surface area contributed by atoms with E-state index in [1.165, 1.54) is 0 Å². The van der Waals surface area contributed by atoms with Gasteiger partial charge < -0.3 is 9.47 Å². The molecule has 3 rings (SSSR count). The molecule has 1 N–H and O–H groups in total. The Morgan fingerprint density at radius 3 is 3.19 bits per heavy atom. The van der Waals surface area contributed by atoms with E-state index in [0.29, 0.717) is 6.54 Å². The molecule has 0 saturated carbocycles. The van der Waals surface area contributed by atoms with E-state index in [1.807, 2.05) is 4.57 Å². The second-order valence-corrected chi connectivity index (χ2v) is 3.67. The number of hydrogen-bond donors (Lipinski definition) is 1. The van der Waals surface area contributed by atoms with E-state index in [0.717, 1.165) is 24.6 Å². The number of hydrogen-bond acceptors (Lipinski definition) is 5. The van der Waals surface area contributed by atoms with Gasteiger partial charge in [0.2, 0.25) is 0 Å². The van der Waals surface area contributed by atoms with Gasteiger partial charge in [-0.25, -0.2) is 5.10 Å². The second-order valence-electron chi connectivity index (χ2n) is 3.67. The predicted molar refractivity (Wildman–Crippen MR) is 55.9 cm³/mol. The Kier molecular flexibility index (Phi) is 1.95. The number of fused-ring (bicyclic) bond motifs is 1. The van der Waals surface area contributed by atoms with Crippen LogP contribution in [0.4, 0.5) is 5.69 Å². The highest BCUT2D eigenvalue weighted by molar-refractivity contribution is 5.43. The summed E-state index contributed by atoms with van der Waals surface area (Å²) in [5.41, 5.74) is 0.627. The molecule has 3 heterocycles. The molecule has 0 aliphatic carbocycles. The van der Waals surface area contributed by atoms with E-state index >= 15 is 0 Å². The van der Waals surface area contributed by atoms with E-state index in [1.54, 1.807) is 18.6 Å². The van der Waals surface area contributed by atoms with Crippen LogP contribution in [0.2, 0.25) is 0 Å². The Morgan fingerprint density at radius 1 is 1.38 bits per heavy atom. The fraction of sp³-hybridized carbons (Fsp3) is 0.333. The number of anilines is 1. The van der Waals surface area contributed by atoms with Gasteiger partial charge in [-0.15, -0.1) is 10.2 Å². The van der Waals surface area contributed by atoms with Crippen LogP contribution in [0.15, 0.2) is 23.4 Å². The smallest absolute Gasteiger partial charge is 0.266 e. The minimum Gasteiger partial charge on any atom is -0.361 e. The van der Waals surface area contributed by atoms with Crippen LogP contribution in [0.5, 0.6) is 0 Å². The molecule has 2 aromatic heterocycles. The van der Waals surface area contributed by atoms with Gasteiger partial charge in [-0.3, -0.25) is 4.79 Å². The van der Waals surface area contributed by atoms with Crippen molar-refractivity contribution < 1.29 is 0 Å². The quantitative estimate of drug-likeness (QED) is 0.690. The second kappa shape index (κ2) is 3.44. The molecule has 0 atom stereocenters. The third-order valence-electron chi connectivity index (χ3n) is 2.65. The van der Waals surface area contributed by atoms with E-state index in [2.05, 4.69) is 25.3 Å². The van der Waals surface area contributed by atoms with Crippen LogP contribution in [-0.4, -0.2) is 31.5 Å². The largest absolute Gasteiger partial charge is 0.361 e. The summed E-state index contributed by atoms with van der Waals surface area (Å²) >= 11 is 0. The van der Waals surface area contributed by atoms with Crippen molar-refractivity contribution in [2.45, 2.75) is 13.1 Å². The van der Waals surface area contributed by atoms with Crippen molar-refractivity contribution in [3.05, 3.63) is 34.8 Å². The summed E-state index contributed by atoms with van der Waals surface area (Å²) in [6, 6.07) is 1.54. The summed E-state index contributed by atoms with van der Waals surface area (Å²) in [4.78, 5) is 13.2. The van der Waals surface area contributed by atoms with Crippen LogP contribution in [0.3, 0.4) is 0 Å². The van der Waals surface area contributed by atoms with Crippen LogP contribution in [0.25, 0.3) is 0 Å². The molecule has 7 heteroatoms. The zero-order valence-electron chi connectivity index (χ0n) is 8.50. The van der Waals surface area contributed by atoms with Crippen molar-refractivity contribution in [2.24, 2.45) is 0 Å². The molecular formula is C9H10N6O. The van der Waals surface area contributed by atoms with Gasteiger partial charge in [0.25, 0.3) is 5.56 Å². The van der Waals surface area contributed by atoms with Crippen molar-refractivity contribution >= 4 is 5.69 Å². The number of aromatic nitrogens is 5.